The second kappa shape index (κ2) is 27.8. The fraction of sp³-hybridized carbons (Fsp3) is 0.811. The number of unbranched alkanes of at least 4 members (excludes halogenated alkanes) is 21. The third-order valence-corrected chi connectivity index (χ3v) is 7.84. The van der Waals surface area contributed by atoms with Crippen molar-refractivity contribution in [2.75, 3.05) is 19.8 Å². The molecule has 0 bridgehead atoms. The van der Waals surface area contributed by atoms with Crippen LogP contribution >= 0.6 is 0 Å². The molecule has 1 aromatic carbocycles. The molecule has 1 aromatic rings. The summed E-state index contributed by atoms with van der Waals surface area (Å²) in [6, 6.07) is 4.05. The number of ether oxygens (including phenoxy) is 3. The van der Waals surface area contributed by atoms with Crippen molar-refractivity contribution >= 4 is 0 Å². The van der Waals surface area contributed by atoms with E-state index in [9.17, 15) is 0 Å². The predicted molar refractivity (Wildman–Crippen MR) is 175 cm³/mol. The molecule has 1 radical (unpaired) electrons. The Morgan fingerprint density at radius 2 is 0.675 bits per heavy atom. The molecule has 0 amide bonds. The summed E-state index contributed by atoms with van der Waals surface area (Å²) >= 11 is 0. The summed E-state index contributed by atoms with van der Waals surface area (Å²) < 4.78 is 18.9. The van der Waals surface area contributed by atoms with Crippen molar-refractivity contribution in [3.63, 3.8) is 0 Å². The molecule has 233 valence electrons. The minimum absolute atomic E-state index is 0.716. The summed E-state index contributed by atoms with van der Waals surface area (Å²) in [5.41, 5.74) is 0.927. The van der Waals surface area contributed by atoms with E-state index in [1.54, 1.807) is 0 Å². The normalized spacial score (nSPS) is 11.2. The summed E-state index contributed by atoms with van der Waals surface area (Å²) in [7, 11) is 0. The molecular formula is C37H67O3. The SMILES string of the molecule is [CH2]c1cc(OCCCCCCCCCC)c(OCCCCCCCCCC)c(OCCCCCCCCCC)c1. The Kier molecular flexibility index (Phi) is 25.4. The van der Waals surface area contributed by atoms with E-state index in [1.807, 2.05) is 12.1 Å². The van der Waals surface area contributed by atoms with Crippen LogP contribution in [0.5, 0.6) is 17.2 Å². The van der Waals surface area contributed by atoms with E-state index in [0.717, 1.165) is 55.3 Å². The lowest BCUT2D eigenvalue weighted by Gasteiger charge is -2.18. The zero-order valence-corrected chi connectivity index (χ0v) is 27.2. The maximum absolute atomic E-state index is 6.36. The zero-order valence-electron chi connectivity index (χ0n) is 27.2. The van der Waals surface area contributed by atoms with Crippen LogP contribution in [0.4, 0.5) is 0 Å². The van der Waals surface area contributed by atoms with E-state index in [0.29, 0.717) is 6.61 Å². The van der Waals surface area contributed by atoms with Crippen LogP contribution in [0, 0.1) is 6.92 Å². The average molecular weight is 560 g/mol. The summed E-state index contributed by atoms with van der Waals surface area (Å²) in [5, 5.41) is 0. The van der Waals surface area contributed by atoms with Gasteiger partial charge in [-0.15, -0.1) is 0 Å². The Balaban J connectivity index is 2.53. The third kappa shape index (κ3) is 20.5. The first-order valence-corrected chi connectivity index (χ1v) is 17.6. The largest absolute Gasteiger partial charge is 0.490 e. The molecule has 1 rings (SSSR count). The molecule has 0 N–H and O–H groups in total. The van der Waals surface area contributed by atoms with Gasteiger partial charge in [-0.05, 0) is 43.9 Å². The monoisotopic (exact) mass is 560 g/mol. The van der Waals surface area contributed by atoms with Gasteiger partial charge in [0.05, 0.1) is 19.8 Å². The van der Waals surface area contributed by atoms with Crippen molar-refractivity contribution in [3.05, 3.63) is 24.6 Å². The van der Waals surface area contributed by atoms with E-state index in [1.165, 1.54) is 135 Å². The van der Waals surface area contributed by atoms with Gasteiger partial charge < -0.3 is 14.2 Å². The predicted octanol–water partition coefficient (Wildman–Crippen LogP) is 12.4. The van der Waals surface area contributed by atoms with Gasteiger partial charge in [-0.1, -0.05) is 156 Å². The first-order valence-electron chi connectivity index (χ1n) is 17.6. The van der Waals surface area contributed by atoms with E-state index >= 15 is 0 Å². The lowest BCUT2D eigenvalue weighted by atomic mass is 10.1. The molecule has 0 saturated heterocycles. The average Bonchev–Trinajstić information content (AvgIpc) is 2.95. The van der Waals surface area contributed by atoms with Gasteiger partial charge in [-0.2, -0.15) is 0 Å². The van der Waals surface area contributed by atoms with Gasteiger partial charge in [0.1, 0.15) is 0 Å². The topological polar surface area (TPSA) is 27.7 Å². The zero-order chi connectivity index (χ0) is 28.9. The minimum atomic E-state index is 0.716. The minimum Gasteiger partial charge on any atom is -0.490 e. The smallest absolute Gasteiger partial charge is 0.203 e. The quantitative estimate of drug-likeness (QED) is 0.0877. The molecule has 0 aliphatic heterocycles. The van der Waals surface area contributed by atoms with Gasteiger partial charge in [-0.25, -0.2) is 0 Å². The molecule has 0 spiro atoms. The van der Waals surface area contributed by atoms with E-state index in [2.05, 4.69) is 27.7 Å². The van der Waals surface area contributed by atoms with Crippen molar-refractivity contribution in [2.24, 2.45) is 0 Å². The van der Waals surface area contributed by atoms with Gasteiger partial charge in [0.25, 0.3) is 0 Å². The Labute approximate surface area is 250 Å². The van der Waals surface area contributed by atoms with Gasteiger partial charge in [-0.3, -0.25) is 0 Å². The molecule has 40 heavy (non-hydrogen) atoms. The summed E-state index contributed by atoms with van der Waals surface area (Å²) in [4.78, 5) is 0. The maximum Gasteiger partial charge on any atom is 0.203 e. The van der Waals surface area contributed by atoms with Crippen LogP contribution in [0.3, 0.4) is 0 Å². The number of hydrogen-bond donors (Lipinski definition) is 0. The second-order valence-corrected chi connectivity index (χ2v) is 11.9. The fourth-order valence-corrected chi connectivity index (χ4v) is 5.23. The molecule has 0 heterocycles. The van der Waals surface area contributed by atoms with Crippen molar-refractivity contribution in [3.8, 4) is 17.2 Å². The first-order chi connectivity index (χ1) is 19.7. The van der Waals surface area contributed by atoms with Crippen LogP contribution in [-0.4, -0.2) is 19.8 Å². The Bertz CT molecular complexity index is 628. The van der Waals surface area contributed by atoms with Crippen LogP contribution in [-0.2, 0) is 0 Å². The Morgan fingerprint density at radius 1 is 0.400 bits per heavy atom. The van der Waals surface area contributed by atoms with Gasteiger partial charge in [0.2, 0.25) is 5.75 Å². The van der Waals surface area contributed by atoms with Gasteiger partial charge in [0.15, 0.2) is 11.5 Å². The second-order valence-electron chi connectivity index (χ2n) is 11.9. The van der Waals surface area contributed by atoms with Crippen molar-refractivity contribution in [1.29, 1.82) is 0 Å². The molecule has 0 saturated carbocycles. The highest BCUT2D eigenvalue weighted by Gasteiger charge is 2.15. The van der Waals surface area contributed by atoms with Gasteiger partial charge in [0, 0.05) is 0 Å². The van der Waals surface area contributed by atoms with Crippen molar-refractivity contribution < 1.29 is 14.2 Å². The van der Waals surface area contributed by atoms with Crippen molar-refractivity contribution in [2.45, 2.75) is 175 Å². The van der Waals surface area contributed by atoms with Crippen molar-refractivity contribution in [1.82, 2.24) is 0 Å². The highest BCUT2D eigenvalue weighted by atomic mass is 16.5. The van der Waals surface area contributed by atoms with Gasteiger partial charge >= 0.3 is 0 Å². The standard InChI is InChI=1S/C37H67O3/c1-5-8-11-14-17-20-23-26-29-38-35-32-34(4)33-36(39-30-27-24-21-18-15-12-9-6-2)37(35)40-31-28-25-22-19-16-13-10-7-3/h32-33H,4-31H2,1-3H3. The van der Waals surface area contributed by atoms with E-state index in [-0.39, 0.29) is 0 Å². The van der Waals surface area contributed by atoms with Crippen LogP contribution in [0.15, 0.2) is 12.1 Å². The summed E-state index contributed by atoms with van der Waals surface area (Å²) in [6.45, 7) is 13.2. The highest BCUT2D eigenvalue weighted by Crippen LogP contribution is 2.39. The molecule has 0 aromatic heterocycles. The van der Waals surface area contributed by atoms with E-state index in [4.69, 9.17) is 14.2 Å². The third-order valence-electron chi connectivity index (χ3n) is 7.84. The van der Waals surface area contributed by atoms with Crippen LogP contribution in [0.1, 0.15) is 180 Å². The molecule has 0 aliphatic rings. The fourth-order valence-electron chi connectivity index (χ4n) is 5.23. The molecule has 0 unspecified atom stereocenters. The number of rotatable bonds is 30. The first kappa shape index (κ1) is 36.6. The van der Waals surface area contributed by atoms with Crippen LogP contribution in [0.2, 0.25) is 0 Å². The number of hydrogen-bond acceptors (Lipinski definition) is 3. The molecule has 0 aliphatic carbocycles. The lowest BCUT2D eigenvalue weighted by Crippen LogP contribution is -2.06. The maximum atomic E-state index is 6.36. The molecular weight excluding hydrogens is 492 g/mol. The molecule has 0 atom stereocenters. The van der Waals surface area contributed by atoms with Crippen LogP contribution in [0.25, 0.3) is 0 Å². The van der Waals surface area contributed by atoms with Crippen LogP contribution < -0.4 is 14.2 Å². The Morgan fingerprint density at radius 3 is 1.00 bits per heavy atom. The van der Waals surface area contributed by atoms with E-state index < -0.39 is 0 Å². The molecule has 3 nitrogen and oxygen atoms in total. The Hall–Kier alpha value is -1.38. The molecule has 0 fully saturated rings. The summed E-state index contributed by atoms with van der Waals surface area (Å²) in [5.74, 6) is 2.40. The highest BCUT2D eigenvalue weighted by molar-refractivity contribution is 5.54. The number of benzene rings is 1. The lowest BCUT2D eigenvalue weighted by molar-refractivity contribution is 0.234. The summed E-state index contributed by atoms with van der Waals surface area (Å²) in [6.07, 6.45) is 31.2. The molecule has 3 heteroatoms.